The van der Waals surface area contributed by atoms with Gasteiger partial charge in [0.15, 0.2) is 0 Å². The second-order valence-corrected chi connectivity index (χ2v) is 3.63. The fraction of sp³-hybridized carbons (Fsp3) is 0.273. The molecule has 0 fully saturated rings. The number of benzene rings is 1. The van der Waals surface area contributed by atoms with Crippen LogP contribution in [0.15, 0.2) is 24.4 Å². The van der Waals surface area contributed by atoms with Gasteiger partial charge in [0.05, 0.1) is 18.8 Å². The van der Waals surface area contributed by atoms with Gasteiger partial charge in [0, 0.05) is 5.39 Å². The molecule has 0 spiro atoms. The molecular formula is C11H13N3O2. The number of nitrogens with two attached hydrogens (primary N) is 1. The lowest BCUT2D eigenvalue weighted by Crippen LogP contribution is -2.33. The molecule has 84 valence electrons. The summed E-state index contributed by atoms with van der Waals surface area (Å²) in [5.74, 6) is -0.396. The topological polar surface area (TPSA) is 81.0 Å². The Kier molecular flexibility index (Phi) is 2.87. The average Bonchev–Trinajstić information content (AvgIpc) is 2.75. The molecule has 0 radical (unpaired) electrons. The van der Waals surface area contributed by atoms with Crippen LogP contribution in [-0.4, -0.2) is 29.3 Å². The molecule has 0 bridgehead atoms. The molecule has 1 aromatic carbocycles. The predicted octanol–water partition coefficient (Wildman–Crippen LogP) is 0.606. The molecular weight excluding hydrogens is 206 g/mol. The van der Waals surface area contributed by atoms with E-state index in [1.807, 2.05) is 18.2 Å². The highest BCUT2D eigenvalue weighted by molar-refractivity contribution is 5.79. The van der Waals surface area contributed by atoms with E-state index >= 15 is 0 Å². The first-order valence-electron chi connectivity index (χ1n) is 4.96. The average molecular weight is 219 g/mol. The Morgan fingerprint density at radius 1 is 1.62 bits per heavy atom. The third kappa shape index (κ3) is 2.04. The zero-order valence-corrected chi connectivity index (χ0v) is 8.93. The van der Waals surface area contributed by atoms with Crippen LogP contribution in [0.5, 0.6) is 0 Å². The van der Waals surface area contributed by atoms with E-state index in [4.69, 9.17) is 5.73 Å². The molecule has 5 heteroatoms. The van der Waals surface area contributed by atoms with Gasteiger partial charge < -0.3 is 10.5 Å². The van der Waals surface area contributed by atoms with E-state index in [2.05, 4.69) is 14.9 Å². The predicted molar refractivity (Wildman–Crippen MR) is 59.8 cm³/mol. The Hall–Kier alpha value is -1.88. The standard InChI is InChI=1S/C11H13N3O2/c1-16-11(15)9(12)5-7-2-3-10-8(4-7)6-13-14-10/h2-4,6,9H,5,12H2,1H3,(H,13,14). The van der Waals surface area contributed by atoms with E-state index in [9.17, 15) is 4.79 Å². The summed E-state index contributed by atoms with van der Waals surface area (Å²) in [6.07, 6.45) is 2.20. The molecule has 0 aliphatic rings. The molecule has 5 nitrogen and oxygen atoms in total. The summed E-state index contributed by atoms with van der Waals surface area (Å²) in [4.78, 5) is 11.2. The largest absolute Gasteiger partial charge is 0.468 e. The lowest BCUT2D eigenvalue weighted by Gasteiger charge is -2.08. The number of ether oxygens (including phenoxy) is 1. The van der Waals surface area contributed by atoms with Crippen molar-refractivity contribution in [1.29, 1.82) is 0 Å². The number of carbonyl (C=O) groups is 1. The van der Waals surface area contributed by atoms with E-state index < -0.39 is 12.0 Å². The Morgan fingerprint density at radius 2 is 2.44 bits per heavy atom. The van der Waals surface area contributed by atoms with Crippen LogP contribution in [0.2, 0.25) is 0 Å². The number of rotatable bonds is 3. The fourth-order valence-corrected chi connectivity index (χ4v) is 1.61. The molecule has 16 heavy (non-hydrogen) atoms. The molecule has 2 rings (SSSR count). The van der Waals surface area contributed by atoms with Gasteiger partial charge in [0.2, 0.25) is 0 Å². The van der Waals surface area contributed by atoms with Crippen molar-refractivity contribution < 1.29 is 9.53 Å². The number of H-pyrrole nitrogens is 1. The minimum absolute atomic E-state index is 0.396. The Balaban J connectivity index is 2.17. The van der Waals surface area contributed by atoms with E-state index in [0.717, 1.165) is 16.5 Å². The molecule has 0 saturated carbocycles. The van der Waals surface area contributed by atoms with E-state index in [0.29, 0.717) is 6.42 Å². The van der Waals surface area contributed by atoms with Crippen LogP contribution in [0.1, 0.15) is 5.56 Å². The minimum atomic E-state index is -0.616. The van der Waals surface area contributed by atoms with Gasteiger partial charge in [-0.3, -0.25) is 9.89 Å². The van der Waals surface area contributed by atoms with Gasteiger partial charge in [-0.2, -0.15) is 5.10 Å². The SMILES string of the molecule is COC(=O)C(N)Cc1ccc2[nH]ncc2c1. The smallest absolute Gasteiger partial charge is 0.322 e. The zero-order valence-electron chi connectivity index (χ0n) is 8.93. The quantitative estimate of drug-likeness (QED) is 0.741. The van der Waals surface area contributed by atoms with Crippen molar-refractivity contribution in [2.75, 3.05) is 7.11 Å². The van der Waals surface area contributed by atoms with Crippen LogP contribution >= 0.6 is 0 Å². The highest BCUT2D eigenvalue weighted by Crippen LogP contribution is 2.14. The van der Waals surface area contributed by atoms with Gasteiger partial charge in [0.25, 0.3) is 0 Å². The zero-order chi connectivity index (χ0) is 11.5. The number of aromatic nitrogens is 2. The van der Waals surface area contributed by atoms with Gasteiger partial charge in [-0.25, -0.2) is 0 Å². The number of esters is 1. The summed E-state index contributed by atoms with van der Waals surface area (Å²) in [5, 5.41) is 7.79. The molecule has 2 aromatic rings. The first-order valence-corrected chi connectivity index (χ1v) is 4.96. The second-order valence-electron chi connectivity index (χ2n) is 3.63. The number of fused-ring (bicyclic) bond motifs is 1. The Bertz CT molecular complexity index is 507. The van der Waals surface area contributed by atoms with Crippen LogP contribution in [-0.2, 0) is 16.0 Å². The number of carbonyl (C=O) groups excluding carboxylic acids is 1. The molecule has 0 saturated heterocycles. The van der Waals surface area contributed by atoms with Crippen molar-refractivity contribution >= 4 is 16.9 Å². The van der Waals surface area contributed by atoms with Crippen LogP contribution in [0.4, 0.5) is 0 Å². The summed E-state index contributed by atoms with van der Waals surface area (Å²) in [7, 11) is 1.33. The molecule has 1 heterocycles. The number of hydrogen-bond acceptors (Lipinski definition) is 4. The van der Waals surface area contributed by atoms with E-state index in [1.54, 1.807) is 6.20 Å². The molecule has 1 aromatic heterocycles. The van der Waals surface area contributed by atoms with Crippen molar-refractivity contribution in [3.05, 3.63) is 30.0 Å². The number of hydrogen-bond donors (Lipinski definition) is 2. The fourth-order valence-electron chi connectivity index (χ4n) is 1.61. The van der Waals surface area contributed by atoms with Crippen LogP contribution in [0, 0.1) is 0 Å². The summed E-state index contributed by atoms with van der Waals surface area (Å²) in [6.45, 7) is 0. The summed E-state index contributed by atoms with van der Waals surface area (Å²) < 4.78 is 4.57. The number of nitrogens with zero attached hydrogens (tertiary/aromatic N) is 1. The minimum Gasteiger partial charge on any atom is -0.468 e. The highest BCUT2D eigenvalue weighted by atomic mass is 16.5. The molecule has 0 amide bonds. The maximum Gasteiger partial charge on any atom is 0.322 e. The van der Waals surface area contributed by atoms with Crippen molar-refractivity contribution in [1.82, 2.24) is 10.2 Å². The van der Waals surface area contributed by atoms with Gasteiger partial charge in [0.1, 0.15) is 6.04 Å². The normalized spacial score (nSPS) is 12.6. The third-order valence-electron chi connectivity index (χ3n) is 2.46. The van der Waals surface area contributed by atoms with Crippen molar-refractivity contribution in [2.24, 2.45) is 5.73 Å². The lowest BCUT2D eigenvalue weighted by atomic mass is 10.1. The third-order valence-corrected chi connectivity index (χ3v) is 2.46. The van der Waals surface area contributed by atoms with Crippen molar-refractivity contribution in [3.8, 4) is 0 Å². The molecule has 1 atom stereocenters. The van der Waals surface area contributed by atoms with Gasteiger partial charge in [-0.05, 0) is 24.1 Å². The van der Waals surface area contributed by atoms with E-state index in [1.165, 1.54) is 7.11 Å². The maximum atomic E-state index is 11.2. The maximum absolute atomic E-state index is 11.2. The molecule has 0 aliphatic heterocycles. The van der Waals surface area contributed by atoms with Crippen LogP contribution in [0.25, 0.3) is 10.9 Å². The number of nitrogens with one attached hydrogen (secondary N) is 1. The highest BCUT2D eigenvalue weighted by Gasteiger charge is 2.14. The lowest BCUT2D eigenvalue weighted by molar-refractivity contribution is -0.142. The summed E-state index contributed by atoms with van der Waals surface area (Å²) >= 11 is 0. The van der Waals surface area contributed by atoms with Gasteiger partial charge >= 0.3 is 5.97 Å². The van der Waals surface area contributed by atoms with Crippen molar-refractivity contribution in [2.45, 2.75) is 12.5 Å². The second kappa shape index (κ2) is 4.32. The first kappa shape index (κ1) is 10.6. The van der Waals surface area contributed by atoms with Gasteiger partial charge in [-0.1, -0.05) is 6.07 Å². The van der Waals surface area contributed by atoms with Crippen LogP contribution in [0.3, 0.4) is 0 Å². The molecule has 0 aliphatic carbocycles. The van der Waals surface area contributed by atoms with Gasteiger partial charge in [-0.15, -0.1) is 0 Å². The number of methoxy groups -OCH3 is 1. The monoisotopic (exact) mass is 219 g/mol. The summed E-state index contributed by atoms with van der Waals surface area (Å²) in [6, 6.07) is 5.18. The van der Waals surface area contributed by atoms with Crippen molar-refractivity contribution in [3.63, 3.8) is 0 Å². The first-order chi connectivity index (χ1) is 7.70. The molecule has 3 N–H and O–H groups in total. The molecule has 1 unspecified atom stereocenters. The van der Waals surface area contributed by atoms with E-state index in [-0.39, 0.29) is 0 Å². The Labute approximate surface area is 92.6 Å². The summed E-state index contributed by atoms with van der Waals surface area (Å²) in [5.41, 5.74) is 7.64. The Morgan fingerprint density at radius 3 is 3.19 bits per heavy atom. The number of aromatic amines is 1. The van der Waals surface area contributed by atoms with Crippen LogP contribution < -0.4 is 5.73 Å².